The van der Waals surface area contributed by atoms with E-state index in [1.54, 1.807) is 30.7 Å². The minimum absolute atomic E-state index is 0.0618. The Bertz CT molecular complexity index is 1140. The van der Waals surface area contributed by atoms with Gasteiger partial charge in [0.25, 0.3) is 11.8 Å². The van der Waals surface area contributed by atoms with Crippen LogP contribution in [0, 0.1) is 0 Å². The first kappa shape index (κ1) is 20.3. The molecule has 164 valence electrons. The summed E-state index contributed by atoms with van der Waals surface area (Å²) in [4.78, 5) is 28.7. The van der Waals surface area contributed by atoms with Crippen LogP contribution in [0.15, 0.2) is 69.7 Å². The van der Waals surface area contributed by atoms with Crippen molar-refractivity contribution in [3.63, 3.8) is 0 Å². The van der Waals surface area contributed by atoms with E-state index in [0.29, 0.717) is 17.9 Å². The molecule has 0 bridgehead atoms. The van der Waals surface area contributed by atoms with E-state index in [1.807, 2.05) is 52.7 Å². The molecule has 0 radical (unpaired) electrons. The lowest BCUT2D eigenvalue weighted by Gasteiger charge is -2.35. The van der Waals surface area contributed by atoms with Gasteiger partial charge < -0.3 is 19.4 Å². The normalized spacial score (nSPS) is 19.8. The Hall–Kier alpha value is -3.59. The zero-order valence-corrected chi connectivity index (χ0v) is 18.2. The molecule has 2 aromatic heterocycles. The summed E-state index contributed by atoms with van der Waals surface area (Å²) in [6, 6.07) is 14.8. The second-order valence-corrected chi connectivity index (χ2v) is 8.51. The summed E-state index contributed by atoms with van der Waals surface area (Å²) >= 11 is 1.59. The molecular formula is C23H22N4O4S. The van der Waals surface area contributed by atoms with Gasteiger partial charge in [-0.3, -0.25) is 9.59 Å². The van der Waals surface area contributed by atoms with Crippen molar-refractivity contribution in [2.75, 3.05) is 25.0 Å². The predicted octanol–water partition coefficient (Wildman–Crippen LogP) is 3.03. The highest BCUT2D eigenvalue weighted by Gasteiger charge is 2.37. The number of benzene rings is 1. The molecule has 0 saturated carbocycles. The summed E-state index contributed by atoms with van der Waals surface area (Å²) in [5.41, 5.74) is 1.64. The van der Waals surface area contributed by atoms with Crippen LogP contribution >= 0.6 is 11.3 Å². The second-order valence-electron chi connectivity index (χ2n) is 7.57. The van der Waals surface area contributed by atoms with Gasteiger partial charge in [-0.25, -0.2) is 5.01 Å². The first-order valence-electron chi connectivity index (χ1n) is 10.3. The Morgan fingerprint density at radius 1 is 1.19 bits per heavy atom. The molecular weight excluding hydrogens is 428 g/mol. The molecule has 0 fully saturated rings. The van der Waals surface area contributed by atoms with Gasteiger partial charge in [0, 0.05) is 13.5 Å². The molecule has 2 atom stereocenters. The highest BCUT2D eigenvalue weighted by atomic mass is 32.1. The van der Waals surface area contributed by atoms with E-state index >= 15 is 0 Å². The zero-order valence-electron chi connectivity index (χ0n) is 17.4. The number of carbonyl (C=O) groups is 2. The molecule has 0 unspecified atom stereocenters. The molecule has 8 nitrogen and oxygen atoms in total. The van der Waals surface area contributed by atoms with E-state index in [2.05, 4.69) is 10.4 Å². The van der Waals surface area contributed by atoms with Crippen LogP contribution in [-0.4, -0.2) is 48.8 Å². The summed E-state index contributed by atoms with van der Waals surface area (Å²) < 4.78 is 11.5. The van der Waals surface area contributed by atoms with Crippen molar-refractivity contribution in [1.82, 2.24) is 10.3 Å². The number of nitrogens with one attached hydrogen (secondary N) is 1. The number of nitrogens with zero attached hydrogens (tertiary/aromatic N) is 3. The van der Waals surface area contributed by atoms with Crippen LogP contribution in [0.3, 0.4) is 0 Å². The molecule has 0 aliphatic carbocycles. The minimum Gasteiger partial charge on any atom is -0.477 e. The molecule has 2 amide bonds. The maximum absolute atomic E-state index is 13.5. The van der Waals surface area contributed by atoms with Gasteiger partial charge in [0.1, 0.15) is 17.6 Å². The number of anilines is 1. The van der Waals surface area contributed by atoms with Gasteiger partial charge in [-0.15, -0.1) is 11.3 Å². The van der Waals surface area contributed by atoms with Crippen LogP contribution in [0.5, 0.6) is 5.75 Å². The third kappa shape index (κ3) is 3.75. The van der Waals surface area contributed by atoms with Crippen molar-refractivity contribution in [3.8, 4) is 5.75 Å². The largest absolute Gasteiger partial charge is 0.477 e. The number of ether oxygens (including phenoxy) is 1. The summed E-state index contributed by atoms with van der Waals surface area (Å²) in [6.07, 6.45) is 1.49. The average Bonchev–Trinajstić information content (AvgIpc) is 3.59. The van der Waals surface area contributed by atoms with Crippen molar-refractivity contribution < 1.29 is 18.7 Å². The number of thiophene rings is 1. The quantitative estimate of drug-likeness (QED) is 0.646. The molecule has 2 aliphatic rings. The SMILES string of the molecule is CNC(=O)[C@H]1CN(CC(=O)N2N=C(c3cccs3)C[C@H]2c2ccco2)c2ccccc2O1. The maximum atomic E-state index is 13.5. The Balaban J connectivity index is 1.42. The first-order valence-corrected chi connectivity index (χ1v) is 11.2. The molecule has 0 saturated heterocycles. The number of hydrogen-bond acceptors (Lipinski definition) is 7. The molecule has 0 spiro atoms. The first-order chi connectivity index (χ1) is 15.6. The van der Waals surface area contributed by atoms with E-state index in [0.717, 1.165) is 16.3 Å². The van der Waals surface area contributed by atoms with E-state index in [4.69, 9.17) is 9.15 Å². The molecule has 1 aromatic carbocycles. The molecule has 3 aromatic rings. The number of fused-ring (bicyclic) bond motifs is 1. The summed E-state index contributed by atoms with van der Waals surface area (Å²) in [5.74, 6) is 0.862. The van der Waals surface area contributed by atoms with Crippen molar-refractivity contribution >= 4 is 34.6 Å². The van der Waals surface area contributed by atoms with E-state index in [1.165, 1.54) is 5.01 Å². The van der Waals surface area contributed by atoms with Gasteiger partial charge in [-0.05, 0) is 35.7 Å². The third-order valence-corrected chi connectivity index (χ3v) is 6.49. The lowest BCUT2D eigenvalue weighted by molar-refractivity contribution is -0.132. The molecule has 1 N–H and O–H groups in total. The summed E-state index contributed by atoms with van der Waals surface area (Å²) in [6.45, 7) is 0.329. The maximum Gasteiger partial charge on any atom is 0.262 e. The number of likely N-dealkylation sites (N-methyl/N-ethyl adjacent to an activating group) is 1. The van der Waals surface area contributed by atoms with Gasteiger partial charge in [0.05, 0.1) is 35.6 Å². The van der Waals surface area contributed by atoms with Crippen LogP contribution in [0.2, 0.25) is 0 Å². The van der Waals surface area contributed by atoms with Crippen molar-refractivity contribution in [3.05, 3.63) is 70.8 Å². The number of hydrazone groups is 1. The van der Waals surface area contributed by atoms with Crippen LogP contribution in [-0.2, 0) is 9.59 Å². The molecule has 32 heavy (non-hydrogen) atoms. The van der Waals surface area contributed by atoms with Crippen molar-refractivity contribution in [1.29, 1.82) is 0 Å². The van der Waals surface area contributed by atoms with E-state index < -0.39 is 6.10 Å². The summed E-state index contributed by atoms with van der Waals surface area (Å²) in [5, 5.41) is 10.8. The minimum atomic E-state index is -0.702. The standard InChI is InChI=1S/C23H22N4O4S/c1-24-23(29)20-13-26(16-6-2-3-7-19(16)31-20)14-22(28)27-17(18-8-4-10-30-18)12-15(25-27)21-9-5-11-32-21/h2-11,17,20H,12-14H2,1H3,(H,24,29)/t17-,20+/m0/s1. The Morgan fingerprint density at radius 2 is 2.06 bits per heavy atom. The Kier molecular flexibility index (Phi) is 5.40. The van der Waals surface area contributed by atoms with Crippen LogP contribution in [0.1, 0.15) is 23.1 Å². The number of carbonyl (C=O) groups excluding carboxylic acids is 2. The number of amides is 2. The molecule has 2 aliphatic heterocycles. The van der Waals surface area contributed by atoms with Crippen molar-refractivity contribution in [2.45, 2.75) is 18.6 Å². The number of rotatable bonds is 5. The third-order valence-electron chi connectivity index (χ3n) is 5.57. The molecule has 5 rings (SSSR count). The topological polar surface area (TPSA) is 87.4 Å². The number of furan rings is 1. The van der Waals surface area contributed by atoms with E-state index in [9.17, 15) is 9.59 Å². The Morgan fingerprint density at radius 3 is 2.81 bits per heavy atom. The van der Waals surface area contributed by atoms with Gasteiger partial charge in [0.2, 0.25) is 0 Å². The highest BCUT2D eigenvalue weighted by Crippen LogP contribution is 2.36. The number of para-hydroxylation sites is 2. The van der Waals surface area contributed by atoms with Crippen molar-refractivity contribution in [2.24, 2.45) is 5.10 Å². The van der Waals surface area contributed by atoms with E-state index in [-0.39, 0.29) is 30.9 Å². The van der Waals surface area contributed by atoms with Crippen LogP contribution in [0.25, 0.3) is 0 Å². The fourth-order valence-electron chi connectivity index (χ4n) is 4.02. The number of hydrogen-bond donors (Lipinski definition) is 1. The fourth-order valence-corrected chi connectivity index (χ4v) is 4.75. The molecule has 4 heterocycles. The van der Waals surface area contributed by atoms with Gasteiger partial charge >= 0.3 is 0 Å². The summed E-state index contributed by atoms with van der Waals surface area (Å²) in [7, 11) is 1.57. The smallest absolute Gasteiger partial charge is 0.262 e. The van der Waals surface area contributed by atoms with Gasteiger partial charge in [0.15, 0.2) is 6.10 Å². The lowest BCUT2D eigenvalue weighted by atomic mass is 10.1. The second kappa shape index (κ2) is 8.51. The monoisotopic (exact) mass is 450 g/mol. The van der Waals surface area contributed by atoms with Crippen LogP contribution < -0.4 is 15.0 Å². The van der Waals surface area contributed by atoms with Gasteiger partial charge in [-0.1, -0.05) is 18.2 Å². The Labute approximate surface area is 189 Å². The average molecular weight is 451 g/mol. The fraction of sp³-hybridized carbons (Fsp3) is 0.261. The predicted molar refractivity (Wildman–Crippen MR) is 121 cm³/mol. The van der Waals surface area contributed by atoms with Crippen LogP contribution in [0.4, 0.5) is 5.69 Å². The lowest BCUT2D eigenvalue weighted by Crippen LogP contribution is -2.50. The molecule has 9 heteroatoms. The van der Waals surface area contributed by atoms with Gasteiger partial charge in [-0.2, -0.15) is 5.10 Å². The highest BCUT2D eigenvalue weighted by molar-refractivity contribution is 7.12. The zero-order chi connectivity index (χ0) is 22.1.